The minimum Gasteiger partial charge on any atom is -0.380 e. The third-order valence-corrected chi connectivity index (χ3v) is 7.05. The Morgan fingerprint density at radius 2 is 1.79 bits per heavy atom. The maximum Gasteiger partial charge on any atom is 0.156 e. The van der Waals surface area contributed by atoms with Crippen LogP contribution in [0.3, 0.4) is 0 Å². The highest BCUT2D eigenvalue weighted by molar-refractivity contribution is 6.02. The van der Waals surface area contributed by atoms with E-state index < -0.39 is 5.60 Å². The monoisotopic (exact) mass is 451 g/mol. The molecule has 0 unspecified atom stereocenters. The van der Waals surface area contributed by atoms with Crippen LogP contribution in [0.2, 0.25) is 0 Å². The van der Waals surface area contributed by atoms with Crippen LogP contribution >= 0.6 is 0 Å². The molecule has 0 radical (unpaired) electrons. The number of aromatic amines is 1. The van der Waals surface area contributed by atoms with Gasteiger partial charge in [0.05, 0.1) is 24.1 Å². The first-order chi connectivity index (χ1) is 16.7. The molecule has 0 spiro atoms. The zero-order chi connectivity index (χ0) is 23.0. The van der Waals surface area contributed by atoms with Crippen molar-refractivity contribution in [1.82, 2.24) is 10.2 Å². The van der Waals surface area contributed by atoms with Crippen molar-refractivity contribution in [1.29, 1.82) is 0 Å². The van der Waals surface area contributed by atoms with E-state index in [1.807, 2.05) is 18.2 Å². The number of anilines is 1. The lowest BCUT2D eigenvalue weighted by Crippen LogP contribution is -2.46. The lowest BCUT2D eigenvalue weighted by atomic mass is 9.91. The summed E-state index contributed by atoms with van der Waals surface area (Å²) in [6.45, 7) is 1.33. The quantitative estimate of drug-likeness (QED) is 0.335. The average Bonchev–Trinajstić information content (AvgIpc) is 3.30. The summed E-state index contributed by atoms with van der Waals surface area (Å²) in [4.78, 5) is 0. The van der Waals surface area contributed by atoms with Crippen LogP contribution in [0.1, 0.15) is 42.4 Å². The van der Waals surface area contributed by atoms with Crippen molar-refractivity contribution in [3.8, 4) is 11.1 Å². The van der Waals surface area contributed by atoms with Crippen LogP contribution in [-0.2, 0) is 16.9 Å². The van der Waals surface area contributed by atoms with Crippen molar-refractivity contribution in [2.45, 2.75) is 37.8 Å². The van der Waals surface area contributed by atoms with E-state index in [4.69, 9.17) is 4.74 Å². The molecule has 5 heteroatoms. The number of H-pyrrole nitrogens is 1. The summed E-state index contributed by atoms with van der Waals surface area (Å²) in [5.41, 5.74) is 7.30. The molecule has 6 rings (SSSR count). The predicted molar refractivity (Wildman–Crippen MR) is 136 cm³/mol. The molecule has 3 aromatic carbocycles. The number of aliphatic hydroxyl groups is 1. The highest BCUT2D eigenvalue weighted by Crippen LogP contribution is 2.35. The van der Waals surface area contributed by atoms with Crippen LogP contribution in [0.25, 0.3) is 27.6 Å². The molecule has 0 amide bonds. The second-order valence-electron chi connectivity index (χ2n) is 9.43. The van der Waals surface area contributed by atoms with Crippen LogP contribution < -0.4 is 5.32 Å². The summed E-state index contributed by atoms with van der Waals surface area (Å²) in [5.74, 6) is 0.834. The minimum atomic E-state index is -0.859. The van der Waals surface area contributed by atoms with Crippen molar-refractivity contribution >= 4 is 22.3 Å². The maximum atomic E-state index is 10.6. The number of aromatic nitrogens is 2. The number of rotatable bonds is 6. The normalized spacial score (nSPS) is 17.3. The molecule has 34 heavy (non-hydrogen) atoms. The molecule has 5 nitrogen and oxygen atoms in total. The number of fused-ring (bicyclic) bond motifs is 1. The molecule has 2 heterocycles. The predicted octanol–water partition coefficient (Wildman–Crippen LogP) is 6.02. The summed E-state index contributed by atoms with van der Waals surface area (Å²) < 4.78 is 5.21. The Morgan fingerprint density at radius 3 is 2.56 bits per heavy atom. The topological polar surface area (TPSA) is 70.2 Å². The van der Waals surface area contributed by atoms with Gasteiger partial charge in [-0.05, 0) is 65.1 Å². The largest absolute Gasteiger partial charge is 0.380 e. The zero-order valence-electron chi connectivity index (χ0n) is 19.2. The molecule has 1 saturated heterocycles. The van der Waals surface area contributed by atoms with E-state index >= 15 is 0 Å². The van der Waals surface area contributed by atoms with Gasteiger partial charge in [0.25, 0.3) is 0 Å². The molecule has 1 aromatic heterocycles. The minimum absolute atomic E-state index is 0.354. The Morgan fingerprint density at radius 1 is 0.971 bits per heavy atom. The van der Waals surface area contributed by atoms with E-state index in [-0.39, 0.29) is 0 Å². The lowest BCUT2D eigenvalue weighted by molar-refractivity contribution is -0.184. The zero-order valence-corrected chi connectivity index (χ0v) is 19.2. The average molecular weight is 452 g/mol. The molecule has 1 aliphatic carbocycles. The van der Waals surface area contributed by atoms with E-state index in [1.165, 1.54) is 42.4 Å². The van der Waals surface area contributed by atoms with Gasteiger partial charge in [0.15, 0.2) is 5.82 Å². The van der Waals surface area contributed by atoms with Crippen LogP contribution in [0.4, 0.5) is 5.82 Å². The number of nitrogens with one attached hydrogen (secondary N) is 2. The molecular weight excluding hydrogens is 422 g/mol. The van der Waals surface area contributed by atoms with E-state index in [9.17, 15) is 5.11 Å². The van der Waals surface area contributed by atoms with Gasteiger partial charge in [-0.25, -0.2) is 0 Å². The summed E-state index contributed by atoms with van der Waals surface area (Å²) in [7, 11) is 0. The van der Waals surface area contributed by atoms with Crippen molar-refractivity contribution in [2.75, 3.05) is 18.5 Å². The second-order valence-corrected chi connectivity index (χ2v) is 9.43. The molecule has 1 aliphatic heterocycles. The third-order valence-electron chi connectivity index (χ3n) is 7.05. The van der Waals surface area contributed by atoms with E-state index in [0.29, 0.717) is 19.8 Å². The first-order valence-corrected chi connectivity index (χ1v) is 12.1. The number of nitrogens with zero attached hydrogens (tertiary/aromatic N) is 1. The van der Waals surface area contributed by atoms with Gasteiger partial charge in [-0.3, -0.25) is 5.10 Å². The number of ether oxygens (including phenoxy) is 1. The van der Waals surface area contributed by atoms with Crippen LogP contribution in [0.15, 0.2) is 72.8 Å². The summed E-state index contributed by atoms with van der Waals surface area (Å²) >= 11 is 0. The van der Waals surface area contributed by atoms with Crippen LogP contribution in [0.5, 0.6) is 0 Å². The lowest BCUT2D eigenvalue weighted by Gasteiger charge is -2.36. The van der Waals surface area contributed by atoms with Gasteiger partial charge in [0, 0.05) is 6.54 Å². The molecule has 3 N–H and O–H groups in total. The number of hydrogen-bond acceptors (Lipinski definition) is 4. The standard InChI is InChI=1S/C29H29N3O2/c33-29(18-34-19-29)24-9-4-6-20(16-24)17-30-28-27-25(10-5-11-26(27)31-32-28)23-14-12-22(13-15-23)21-7-2-1-3-8-21/h4-7,9-16,33H,1-3,8,17-19H2,(H2,30,31,32). The van der Waals surface area contributed by atoms with E-state index in [1.54, 1.807) is 0 Å². The van der Waals surface area contributed by atoms with Gasteiger partial charge in [0.2, 0.25) is 0 Å². The van der Waals surface area contributed by atoms with Crippen LogP contribution in [0, 0.1) is 0 Å². The summed E-state index contributed by atoms with van der Waals surface area (Å²) in [6, 6.07) is 23.3. The summed E-state index contributed by atoms with van der Waals surface area (Å²) in [6.07, 6.45) is 7.35. The SMILES string of the molecule is OC1(c2cccc(CNc3n[nH]c4cccc(-c5ccc(C6=CCCCC6)cc5)c34)c2)COC1. The number of allylic oxidation sites excluding steroid dienone is 2. The number of hydrogen-bond donors (Lipinski definition) is 3. The first kappa shape index (κ1) is 21.1. The summed E-state index contributed by atoms with van der Waals surface area (Å²) in [5, 5.41) is 22.9. The van der Waals surface area contributed by atoms with Gasteiger partial charge in [-0.2, -0.15) is 5.10 Å². The smallest absolute Gasteiger partial charge is 0.156 e. The fourth-order valence-electron chi connectivity index (χ4n) is 5.02. The van der Waals surface area contributed by atoms with Crippen molar-refractivity contribution in [3.05, 3.63) is 89.5 Å². The van der Waals surface area contributed by atoms with Gasteiger partial charge in [-0.15, -0.1) is 0 Å². The maximum absolute atomic E-state index is 10.6. The molecule has 172 valence electrons. The Kier molecular flexibility index (Phi) is 5.44. The Hall–Kier alpha value is -3.41. The Labute approximate surface area is 199 Å². The van der Waals surface area contributed by atoms with Gasteiger partial charge < -0.3 is 15.2 Å². The van der Waals surface area contributed by atoms with Crippen molar-refractivity contribution < 1.29 is 9.84 Å². The molecule has 1 fully saturated rings. The van der Waals surface area contributed by atoms with Gasteiger partial charge >= 0.3 is 0 Å². The van der Waals surface area contributed by atoms with E-state index in [2.05, 4.69) is 70.1 Å². The van der Waals surface area contributed by atoms with Gasteiger partial charge in [0.1, 0.15) is 5.60 Å². The fraction of sp³-hybridized carbons (Fsp3) is 0.276. The molecule has 0 saturated carbocycles. The second kappa shape index (κ2) is 8.75. The molecule has 0 atom stereocenters. The van der Waals surface area contributed by atoms with Crippen LogP contribution in [-0.4, -0.2) is 28.5 Å². The number of benzene rings is 3. The highest BCUT2D eigenvalue weighted by Gasteiger charge is 2.37. The molecule has 4 aromatic rings. The fourth-order valence-corrected chi connectivity index (χ4v) is 5.02. The Balaban J connectivity index is 1.27. The first-order valence-electron chi connectivity index (χ1n) is 12.1. The molecular formula is C29H29N3O2. The highest BCUT2D eigenvalue weighted by atomic mass is 16.5. The van der Waals surface area contributed by atoms with E-state index in [0.717, 1.165) is 33.4 Å². The molecule has 2 aliphatic rings. The van der Waals surface area contributed by atoms with Crippen molar-refractivity contribution in [2.24, 2.45) is 0 Å². The third kappa shape index (κ3) is 3.91. The van der Waals surface area contributed by atoms with Gasteiger partial charge in [-0.1, -0.05) is 66.7 Å². The molecule has 0 bridgehead atoms. The Bertz CT molecular complexity index is 1350. The van der Waals surface area contributed by atoms with Crippen molar-refractivity contribution in [3.63, 3.8) is 0 Å².